The molecule has 0 bridgehead atoms. The molecule has 1 fully saturated rings. The summed E-state index contributed by atoms with van der Waals surface area (Å²) in [7, 11) is 0. The molecule has 0 amide bonds. The summed E-state index contributed by atoms with van der Waals surface area (Å²) in [5.41, 5.74) is -0.107. The molecule has 92 valence electrons. The topological polar surface area (TPSA) is 35.5 Å². The highest BCUT2D eigenvalue weighted by atomic mass is 17.2. The van der Waals surface area contributed by atoms with E-state index in [1.54, 1.807) is 0 Å². The largest absolute Gasteiger partial charge is 0.294 e. The second-order valence-corrected chi connectivity index (χ2v) is 5.52. The molecule has 1 unspecified atom stereocenters. The van der Waals surface area contributed by atoms with Crippen LogP contribution in [0.4, 0.5) is 0 Å². The number of Topliss-reactive ketones (excluding diaryl/α,β-unsaturated/α-hetero) is 1. The lowest BCUT2D eigenvalue weighted by molar-refractivity contribution is -0.340. The van der Waals surface area contributed by atoms with Crippen molar-refractivity contribution in [2.45, 2.75) is 44.8 Å². The third kappa shape index (κ3) is 2.93. The van der Waals surface area contributed by atoms with Crippen molar-refractivity contribution >= 4 is 5.78 Å². The maximum atomic E-state index is 12.1. The van der Waals surface area contributed by atoms with Crippen LogP contribution in [0, 0.1) is 0 Å². The quantitative estimate of drug-likeness (QED) is 0.595. The van der Waals surface area contributed by atoms with Gasteiger partial charge in [-0.2, -0.15) is 0 Å². The van der Waals surface area contributed by atoms with Gasteiger partial charge in [-0.05, 0) is 20.8 Å². The second kappa shape index (κ2) is 4.24. The van der Waals surface area contributed by atoms with Crippen LogP contribution in [0.1, 0.15) is 44.0 Å². The maximum absolute atomic E-state index is 12.1. The van der Waals surface area contributed by atoms with Gasteiger partial charge in [0.2, 0.25) is 0 Å². The average molecular weight is 234 g/mol. The van der Waals surface area contributed by atoms with Crippen LogP contribution in [0.5, 0.6) is 0 Å². The number of ketones is 1. The van der Waals surface area contributed by atoms with Crippen LogP contribution in [0.2, 0.25) is 0 Å². The molecule has 1 aliphatic heterocycles. The van der Waals surface area contributed by atoms with E-state index < -0.39 is 5.60 Å². The van der Waals surface area contributed by atoms with Crippen LogP contribution in [0.25, 0.3) is 0 Å². The molecule has 1 atom stereocenters. The molecule has 1 aromatic rings. The van der Waals surface area contributed by atoms with Gasteiger partial charge in [0.05, 0.1) is 0 Å². The zero-order valence-electron chi connectivity index (χ0n) is 10.5. The fourth-order valence-corrected chi connectivity index (χ4v) is 2.33. The number of carbonyl (C=O) groups is 1. The first-order valence-electron chi connectivity index (χ1n) is 5.85. The molecule has 17 heavy (non-hydrogen) atoms. The van der Waals surface area contributed by atoms with Crippen molar-refractivity contribution in [3.8, 4) is 0 Å². The minimum Gasteiger partial charge on any atom is -0.294 e. The van der Waals surface area contributed by atoms with Crippen molar-refractivity contribution in [2.75, 3.05) is 0 Å². The Morgan fingerprint density at radius 3 is 2.35 bits per heavy atom. The fraction of sp³-hybridized carbons (Fsp3) is 0.500. The highest BCUT2D eigenvalue weighted by molar-refractivity contribution is 5.96. The molecule has 0 spiro atoms. The molecule has 3 heteroatoms. The molecule has 0 saturated carbocycles. The van der Waals surface area contributed by atoms with Crippen LogP contribution in [-0.4, -0.2) is 17.0 Å². The van der Waals surface area contributed by atoms with Crippen LogP contribution < -0.4 is 0 Å². The fourth-order valence-electron chi connectivity index (χ4n) is 2.33. The van der Waals surface area contributed by atoms with Crippen LogP contribution in [0.3, 0.4) is 0 Å². The minimum absolute atomic E-state index is 0.0920. The monoisotopic (exact) mass is 234 g/mol. The van der Waals surface area contributed by atoms with E-state index >= 15 is 0 Å². The Bertz CT molecular complexity index is 411. The van der Waals surface area contributed by atoms with Gasteiger partial charge in [-0.15, -0.1) is 0 Å². The summed E-state index contributed by atoms with van der Waals surface area (Å²) in [6.45, 7) is 5.85. The molecular formula is C14H18O3. The van der Waals surface area contributed by atoms with E-state index in [4.69, 9.17) is 9.78 Å². The zero-order valence-corrected chi connectivity index (χ0v) is 10.5. The summed E-state index contributed by atoms with van der Waals surface area (Å²) in [5.74, 6) is 0.0920. The molecule has 1 aromatic carbocycles. The summed E-state index contributed by atoms with van der Waals surface area (Å²) in [5, 5.41) is 0. The maximum Gasteiger partial charge on any atom is 0.165 e. The van der Waals surface area contributed by atoms with Gasteiger partial charge < -0.3 is 0 Å². The standard InChI is InChI=1S/C14H18O3/c1-13(2)10-14(3,17-16-13)9-12(15)11-7-5-4-6-8-11/h4-8H,9-10H2,1-3H3. The van der Waals surface area contributed by atoms with E-state index in [9.17, 15) is 4.79 Å². The third-order valence-electron chi connectivity index (χ3n) is 2.90. The summed E-state index contributed by atoms with van der Waals surface area (Å²) >= 11 is 0. The molecule has 0 aromatic heterocycles. The lowest BCUT2D eigenvalue weighted by Gasteiger charge is -2.19. The number of hydrogen-bond donors (Lipinski definition) is 0. The number of hydrogen-bond acceptors (Lipinski definition) is 3. The van der Waals surface area contributed by atoms with Crippen molar-refractivity contribution < 1.29 is 14.6 Å². The van der Waals surface area contributed by atoms with Gasteiger partial charge in [0.15, 0.2) is 5.78 Å². The van der Waals surface area contributed by atoms with E-state index in [1.807, 2.05) is 51.1 Å². The summed E-state index contributed by atoms with van der Waals surface area (Å²) in [6.07, 6.45) is 1.07. The van der Waals surface area contributed by atoms with E-state index in [-0.39, 0.29) is 11.4 Å². The molecule has 3 nitrogen and oxygen atoms in total. The molecule has 1 saturated heterocycles. The number of benzene rings is 1. The molecule has 0 radical (unpaired) electrons. The van der Waals surface area contributed by atoms with Gasteiger partial charge in [0.1, 0.15) is 11.2 Å². The smallest absolute Gasteiger partial charge is 0.165 e. The van der Waals surface area contributed by atoms with Crippen LogP contribution in [0.15, 0.2) is 30.3 Å². The SMILES string of the molecule is CC1(C)CC(C)(CC(=O)c2ccccc2)OO1. The van der Waals surface area contributed by atoms with Crippen LogP contribution >= 0.6 is 0 Å². The Morgan fingerprint density at radius 1 is 1.18 bits per heavy atom. The minimum atomic E-state index is -0.517. The predicted octanol–water partition coefficient (Wildman–Crippen LogP) is 3.15. The number of rotatable bonds is 3. The van der Waals surface area contributed by atoms with Gasteiger partial charge in [0, 0.05) is 18.4 Å². The highest BCUT2D eigenvalue weighted by Crippen LogP contribution is 2.38. The summed E-state index contributed by atoms with van der Waals surface area (Å²) in [4.78, 5) is 22.6. The molecule has 0 aliphatic carbocycles. The van der Waals surface area contributed by atoms with Crippen LogP contribution in [-0.2, 0) is 9.78 Å². The first-order valence-corrected chi connectivity index (χ1v) is 5.85. The van der Waals surface area contributed by atoms with Crippen molar-refractivity contribution in [3.63, 3.8) is 0 Å². The number of carbonyl (C=O) groups excluding carboxylic acids is 1. The van der Waals surface area contributed by atoms with E-state index in [1.165, 1.54) is 0 Å². The van der Waals surface area contributed by atoms with E-state index in [0.29, 0.717) is 6.42 Å². The van der Waals surface area contributed by atoms with Crippen molar-refractivity contribution in [3.05, 3.63) is 35.9 Å². The van der Waals surface area contributed by atoms with Gasteiger partial charge in [-0.1, -0.05) is 30.3 Å². The van der Waals surface area contributed by atoms with E-state index in [2.05, 4.69) is 0 Å². The van der Waals surface area contributed by atoms with Crippen molar-refractivity contribution in [1.82, 2.24) is 0 Å². The predicted molar refractivity (Wildman–Crippen MR) is 64.7 cm³/mol. The van der Waals surface area contributed by atoms with Gasteiger partial charge in [0.25, 0.3) is 0 Å². The first-order chi connectivity index (χ1) is 7.90. The normalized spacial score (nSPS) is 27.0. The van der Waals surface area contributed by atoms with Crippen molar-refractivity contribution in [2.24, 2.45) is 0 Å². The second-order valence-electron chi connectivity index (χ2n) is 5.52. The van der Waals surface area contributed by atoms with Crippen molar-refractivity contribution in [1.29, 1.82) is 0 Å². The molecule has 1 aliphatic rings. The Labute approximate surface area is 102 Å². The van der Waals surface area contributed by atoms with E-state index in [0.717, 1.165) is 12.0 Å². The third-order valence-corrected chi connectivity index (χ3v) is 2.90. The summed E-state index contributed by atoms with van der Waals surface area (Å²) < 4.78 is 0. The van der Waals surface area contributed by atoms with Gasteiger partial charge in [-0.3, -0.25) is 4.79 Å². The highest BCUT2D eigenvalue weighted by Gasteiger charge is 2.44. The summed E-state index contributed by atoms with van der Waals surface area (Å²) in [6, 6.07) is 9.28. The lowest BCUT2D eigenvalue weighted by atomic mass is 9.87. The average Bonchev–Trinajstić information content (AvgIpc) is 2.54. The lowest BCUT2D eigenvalue weighted by Crippen LogP contribution is -2.29. The van der Waals surface area contributed by atoms with Gasteiger partial charge >= 0.3 is 0 Å². The molecule has 1 heterocycles. The Morgan fingerprint density at radius 2 is 1.82 bits per heavy atom. The van der Waals surface area contributed by atoms with Gasteiger partial charge in [-0.25, -0.2) is 9.78 Å². The zero-order chi connectivity index (χ0) is 12.5. The molecule has 0 N–H and O–H groups in total. The molecule has 2 rings (SSSR count). The Balaban J connectivity index is 2.05. The Hall–Kier alpha value is -1.19. The first kappa shape index (κ1) is 12.3. The molecular weight excluding hydrogens is 216 g/mol. The Kier molecular flexibility index (Phi) is 3.06.